The molecule has 0 bridgehead atoms. The van der Waals surface area contributed by atoms with Gasteiger partial charge in [-0.15, -0.1) is 0 Å². The number of nitriles is 1. The average Bonchev–Trinajstić information content (AvgIpc) is 2.36. The third kappa shape index (κ3) is 4.27. The van der Waals surface area contributed by atoms with E-state index in [1.807, 2.05) is 13.0 Å². The summed E-state index contributed by atoms with van der Waals surface area (Å²) in [7, 11) is 0. The second-order valence-corrected chi connectivity index (χ2v) is 4.12. The van der Waals surface area contributed by atoms with Crippen LogP contribution in [0.5, 0.6) is 5.75 Å². The molecule has 4 nitrogen and oxygen atoms in total. The number of amides is 1. The number of halogens is 1. The number of carbonyl (C=O) groups is 1. The van der Waals surface area contributed by atoms with Crippen molar-refractivity contribution in [3.8, 4) is 11.8 Å². The van der Waals surface area contributed by atoms with Gasteiger partial charge in [0.25, 0.3) is 5.91 Å². The first kappa shape index (κ1) is 14.3. The number of hydrogen-bond acceptors (Lipinski definition) is 3. The minimum Gasteiger partial charge on any atom is -0.482 e. The Kier molecular flexibility index (Phi) is 6.03. The standard InChI is InChI=1S/C13H15ClN2O2/c1-2-3-7-16-13(17)9-18-12-6-4-5-11(14)10(12)8-15/h4-6H,2-3,7,9H2,1H3,(H,16,17). The zero-order valence-corrected chi connectivity index (χ0v) is 11.0. The SMILES string of the molecule is CCCCNC(=O)COc1cccc(Cl)c1C#N. The van der Waals surface area contributed by atoms with Gasteiger partial charge in [-0.05, 0) is 18.6 Å². The Morgan fingerprint density at radius 2 is 2.33 bits per heavy atom. The van der Waals surface area contributed by atoms with Crippen molar-refractivity contribution in [2.24, 2.45) is 0 Å². The van der Waals surface area contributed by atoms with Gasteiger partial charge in [-0.1, -0.05) is 31.0 Å². The maximum absolute atomic E-state index is 11.4. The fourth-order valence-electron chi connectivity index (χ4n) is 1.33. The van der Waals surface area contributed by atoms with Crippen LogP contribution in [0.3, 0.4) is 0 Å². The van der Waals surface area contributed by atoms with E-state index in [0.29, 0.717) is 17.3 Å². The first-order valence-electron chi connectivity index (χ1n) is 5.77. The van der Waals surface area contributed by atoms with Crippen molar-refractivity contribution < 1.29 is 9.53 Å². The Bertz CT molecular complexity index is 455. The number of hydrogen-bond donors (Lipinski definition) is 1. The fourth-order valence-corrected chi connectivity index (χ4v) is 1.54. The molecule has 96 valence electrons. The summed E-state index contributed by atoms with van der Waals surface area (Å²) in [4.78, 5) is 11.4. The summed E-state index contributed by atoms with van der Waals surface area (Å²) in [6.07, 6.45) is 1.96. The summed E-state index contributed by atoms with van der Waals surface area (Å²) < 4.78 is 5.28. The first-order valence-corrected chi connectivity index (χ1v) is 6.15. The quantitative estimate of drug-likeness (QED) is 0.805. The molecule has 0 heterocycles. The second kappa shape index (κ2) is 7.57. The van der Waals surface area contributed by atoms with Crippen LogP contribution in [0.4, 0.5) is 0 Å². The first-order chi connectivity index (χ1) is 8.69. The summed E-state index contributed by atoms with van der Waals surface area (Å²) >= 11 is 5.84. The predicted molar refractivity (Wildman–Crippen MR) is 69.6 cm³/mol. The molecule has 0 saturated carbocycles. The van der Waals surface area contributed by atoms with E-state index in [0.717, 1.165) is 12.8 Å². The van der Waals surface area contributed by atoms with E-state index in [2.05, 4.69) is 5.32 Å². The van der Waals surface area contributed by atoms with Crippen molar-refractivity contribution in [2.45, 2.75) is 19.8 Å². The maximum Gasteiger partial charge on any atom is 0.257 e. The highest BCUT2D eigenvalue weighted by Gasteiger charge is 2.09. The van der Waals surface area contributed by atoms with Gasteiger partial charge in [0.2, 0.25) is 0 Å². The van der Waals surface area contributed by atoms with Gasteiger partial charge in [0.15, 0.2) is 6.61 Å². The van der Waals surface area contributed by atoms with Gasteiger partial charge < -0.3 is 10.1 Å². The van der Waals surface area contributed by atoms with E-state index in [-0.39, 0.29) is 18.1 Å². The Labute approximate surface area is 112 Å². The third-order valence-corrected chi connectivity index (χ3v) is 2.61. The highest BCUT2D eigenvalue weighted by molar-refractivity contribution is 6.31. The molecule has 0 aromatic heterocycles. The smallest absolute Gasteiger partial charge is 0.257 e. The fraction of sp³-hybridized carbons (Fsp3) is 0.385. The topological polar surface area (TPSA) is 62.1 Å². The molecule has 0 unspecified atom stereocenters. The maximum atomic E-state index is 11.4. The van der Waals surface area contributed by atoms with Crippen LogP contribution in [0.2, 0.25) is 5.02 Å². The number of carbonyl (C=O) groups excluding carboxylic acids is 1. The number of unbranched alkanes of at least 4 members (excludes halogenated alkanes) is 1. The largest absolute Gasteiger partial charge is 0.482 e. The molecule has 0 atom stereocenters. The molecule has 5 heteroatoms. The van der Waals surface area contributed by atoms with Crippen LogP contribution in [-0.4, -0.2) is 19.1 Å². The lowest BCUT2D eigenvalue weighted by atomic mass is 10.2. The summed E-state index contributed by atoms with van der Waals surface area (Å²) in [5, 5.41) is 12.0. The molecule has 0 saturated heterocycles. The van der Waals surface area contributed by atoms with Crippen LogP contribution in [0.25, 0.3) is 0 Å². The minimum atomic E-state index is -0.202. The molecule has 0 radical (unpaired) electrons. The Balaban J connectivity index is 2.51. The number of rotatable bonds is 6. The van der Waals surface area contributed by atoms with Gasteiger partial charge in [0.1, 0.15) is 17.4 Å². The van der Waals surface area contributed by atoms with Crippen LogP contribution in [0, 0.1) is 11.3 Å². The van der Waals surface area contributed by atoms with Crippen molar-refractivity contribution in [1.82, 2.24) is 5.32 Å². The van der Waals surface area contributed by atoms with Gasteiger partial charge in [-0.3, -0.25) is 4.79 Å². The van der Waals surface area contributed by atoms with Crippen molar-refractivity contribution in [2.75, 3.05) is 13.2 Å². The van der Waals surface area contributed by atoms with E-state index >= 15 is 0 Å². The van der Waals surface area contributed by atoms with Gasteiger partial charge in [-0.25, -0.2) is 0 Å². The molecule has 1 rings (SSSR count). The molecule has 0 aliphatic carbocycles. The van der Waals surface area contributed by atoms with Gasteiger partial charge in [-0.2, -0.15) is 5.26 Å². The highest BCUT2D eigenvalue weighted by atomic mass is 35.5. The molecule has 1 amide bonds. The zero-order valence-electron chi connectivity index (χ0n) is 10.2. The molecule has 0 fully saturated rings. The number of nitrogens with one attached hydrogen (secondary N) is 1. The van der Waals surface area contributed by atoms with Crippen LogP contribution in [-0.2, 0) is 4.79 Å². The van der Waals surface area contributed by atoms with Crippen molar-refractivity contribution in [3.63, 3.8) is 0 Å². The number of ether oxygens (including phenoxy) is 1. The van der Waals surface area contributed by atoms with Crippen LogP contribution in [0.1, 0.15) is 25.3 Å². The van der Waals surface area contributed by atoms with Crippen LogP contribution < -0.4 is 10.1 Å². The van der Waals surface area contributed by atoms with E-state index in [4.69, 9.17) is 21.6 Å². The molecule has 18 heavy (non-hydrogen) atoms. The number of benzene rings is 1. The summed E-state index contributed by atoms with van der Waals surface area (Å²) in [6.45, 7) is 2.58. The van der Waals surface area contributed by atoms with E-state index < -0.39 is 0 Å². The second-order valence-electron chi connectivity index (χ2n) is 3.72. The zero-order chi connectivity index (χ0) is 13.4. The third-order valence-electron chi connectivity index (χ3n) is 2.30. The van der Waals surface area contributed by atoms with Crippen LogP contribution in [0.15, 0.2) is 18.2 Å². The van der Waals surface area contributed by atoms with Gasteiger partial charge in [0.05, 0.1) is 5.02 Å². The van der Waals surface area contributed by atoms with E-state index in [1.54, 1.807) is 18.2 Å². The average molecular weight is 267 g/mol. The van der Waals surface area contributed by atoms with E-state index in [9.17, 15) is 4.79 Å². The summed E-state index contributed by atoms with van der Waals surface area (Å²) in [5.74, 6) is 0.128. The Hall–Kier alpha value is -1.73. The van der Waals surface area contributed by atoms with Crippen molar-refractivity contribution >= 4 is 17.5 Å². The molecule has 0 aliphatic rings. The van der Waals surface area contributed by atoms with Gasteiger partial charge in [0, 0.05) is 6.54 Å². The molecule has 1 aromatic carbocycles. The van der Waals surface area contributed by atoms with Crippen molar-refractivity contribution in [1.29, 1.82) is 5.26 Å². The lowest BCUT2D eigenvalue weighted by Gasteiger charge is -2.08. The predicted octanol–water partition coefficient (Wildman–Crippen LogP) is 2.51. The van der Waals surface area contributed by atoms with Crippen molar-refractivity contribution in [3.05, 3.63) is 28.8 Å². The summed E-state index contributed by atoms with van der Waals surface area (Å²) in [5.41, 5.74) is 0.250. The van der Waals surface area contributed by atoms with Crippen LogP contribution >= 0.6 is 11.6 Å². The van der Waals surface area contributed by atoms with E-state index in [1.165, 1.54) is 0 Å². The molecular formula is C13H15ClN2O2. The molecule has 1 N–H and O–H groups in total. The van der Waals surface area contributed by atoms with Gasteiger partial charge >= 0.3 is 0 Å². The molecule has 1 aromatic rings. The minimum absolute atomic E-state index is 0.112. The lowest BCUT2D eigenvalue weighted by molar-refractivity contribution is -0.123. The lowest BCUT2D eigenvalue weighted by Crippen LogP contribution is -2.29. The Morgan fingerprint density at radius 3 is 3.00 bits per heavy atom. The molecule has 0 spiro atoms. The number of nitrogens with zero attached hydrogens (tertiary/aromatic N) is 1. The molecule has 0 aliphatic heterocycles. The molecular weight excluding hydrogens is 252 g/mol. The Morgan fingerprint density at radius 1 is 1.56 bits per heavy atom. The normalized spacial score (nSPS) is 9.61. The monoisotopic (exact) mass is 266 g/mol. The summed E-state index contributed by atoms with van der Waals surface area (Å²) in [6, 6.07) is 6.85. The highest BCUT2D eigenvalue weighted by Crippen LogP contribution is 2.25.